The monoisotopic (exact) mass is 284 g/mol. The third kappa shape index (κ3) is 2.91. The number of nitrogens with zero attached hydrogens (tertiary/aromatic N) is 1. The molecule has 0 unspecified atom stereocenters. The fourth-order valence-corrected chi connectivity index (χ4v) is 2.12. The van der Waals surface area contributed by atoms with Crippen molar-refractivity contribution in [1.29, 1.82) is 0 Å². The van der Waals surface area contributed by atoms with Gasteiger partial charge in [-0.1, -0.05) is 18.2 Å². The summed E-state index contributed by atoms with van der Waals surface area (Å²) in [5, 5.41) is 2.71. The van der Waals surface area contributed by atoms with E-state index in [1.165, 1.54) is 18.5 Å². The molecule has 0 spiro atoms. The van der Waals surface area contributed by atoms with Gasteiger partial charge in [0.1, 0.15) is 11.3 Å². The van der Waals surface area contributed by atoms with Crippen molar-refractivity contribution < 1.29 is 13.6 Å². The molecule has 4 nitrogen and oxygen atoms in total. The third-order valence-corrected chi connectivity index (χ3v) is 3.21. The van der Waals surface area contributed by atoms with Gasteiger partial charge in [0.05, 0.1) is 5.56 Å². The molecule has 5 heteroatoms. The fraction of sp³-hybridized carbons (Fsp3) is 0.125. The van der Waals surface area contributed by atoms with Crippen LogP contribution in [0.4, 0.5) is 4.39 Å². The average Bonchev–Trinajstić information content (AvgIpc) is 2.95. The molecule has 0 saturated carbocycles. The number of halogens is 1. The zero-order valence-electron chi connectivity index (χ0n) is 11.2. The van der Waals surface area contributed by atoms with Crippen LogP contribution in [0.3, 0.4) is 0 Å². The minimum Gasteiger partial charge on any atom is -0.443 e. The number of benzene rings is 2. The van der Waals surface area contributed by atoms with E-state index in [1.807, 2.05) is 18.2 Å². The lowest BCUT2D eigenvalue weighted by Crippen LogP contribution is -2.26. The molecule has 0 bridgehead atoms. The van der Waals surface area contributed by atoms with Crippen molar-refractivity contribution in [2.45, 2.75) is 6.42 Å². The normalized spacial score (nSPS) is 10.7. The van der Waals surface area contributed by atoms with Crippen molar-refractivity contribution in [1.82, 2.24) is 10.3 Å². The van der Waals surface area contributed by atoms with Gasteiger partial charge < -0.3 is 9.73 Å². The van der Waals surface area contributed by atoms with E-state index in [4.69, 9.17) is 4.42 Å². The molecule has 1 heterocycles. The largest absolute Gasteiger partial charge is 0.443 e. The summed E-state index contributed by atoms with van der Waals surface area (Å²) in [5.74, 6) is -0.922. The Morgan fingerprint density at radius 1 is 1.24 bits per heavy atom. The van der Waals surface area contributed by atoms with Gasteiger partial charge in [-0.3, -0.25) is 4.79 Å². The van der Waals surface area contributed by atoms with Crippen LogP contribution in [0.15, 0.2) is 53.3 Å². The van der Waals surface area contributed by atoms with Gasteiger partial charge in [-0.05, 0) is 36.2 Å². The second kappa shape index (κ2) is 5.75. The van der Waals surface area contributed by atoms with Gasteiger partial charge >= 0.3 is 0 Å². The van der Waals surface area contributed by atoms with Crippen LogP contribution in [0.5, 0.6) is 0 Å². The van der Waals surface area contributed by atoms with Crippen molar-refractivity contribution in [2.24, 2.45) is 0 Å². The van der Waals surface area contributed by atoms with Crippen LogP contribution in [0.25, 0.3) is 11.1 Å². The van der Waals surface area contributed by atoms with Crippen molar-refractivity contribution in [2.75, 3.05) is 6.54 Å². The van der Waals surface area contributed by atoms with Crippen LogP contribution in [-0.4, -0.2) is 17.4 Å². The predicted octanol–water partition coefficient (Wildman–Crippen LogP) is 2.94. The maximum atomic E-state index is 13.4. The number of amides is 1. The van der Waals surface area contributed by atoms with E-state index in [1.54, 1.807) is 12.1 Å². The highest BCUT2D eigenvalue weighted by atomic mass is 19.1. The number of aromatic nitrogens is 1. The lowest BCUT2D eigenvalue weighted by molar-refractivity contribution is 0.0950. The van der Waals surface area contributed by atoms with Crippen LogP contribution in [0.1, 0.15) is 15.9 Å². The second-order valence-corrected chi connectivity index (χ2v) is 4.64. The number of rotatable bonds is 4. The van der Waals surface area contributed by atoms with Crippen LogP contribution in [-0.2, 0) is 6.42 Å². The molecule has 0 atom stereocenters. The van der Waals surface area contributed by atoms with Gasteiger partial charge in [-0.15, -0.1) is 0 Å². The fourth-order valence-electron chi connectivity index (χ4n) is 2.12. The highest BCUT2D eigenvalue weighted by Gasteiger charge is 2.09. The van der Waals surface area contributed by atoms with E-state index in [0.29, 0.717) is 13.0 Å². The van der Waals surface area contributed by atoms with E-state index >= 15 is 0 Å². The zero-order chi connectivity index (χ0) is 14.7. The first-order valence-corrected chi connectivity index (χ1v) is 6.59. The molecular weight excluding hydrogens is 271 g/mol. The van der Waals surface area contributed by atoms with E-state index in [0.717, 1.165) is 16.7 Å². The van der Waals surface area contributed by atoms with Gasteiger partial charge in [0, 0.05) is 6.54 Å². The van der Waals surface area contributed by atoms with Crippen molar-refractivity contribution in [3.8, 4) is 0 Å². The van der Waals surface area contributed by atoms with Gasteiger partial charge in [0.15, 0.2) is 12.0 Å². The summed E-state index contributed by atoms with van der Waals surface area (Å²) in [4.78, 5) is 15.9. The van der Waals surface area contributed by atoms with E-state index in [2.05, 4.69) is 10.3 Å². The topological polar surface area (TPSA) is 55.1 Å². The molecule has 0 saturated heterocycles. The summed E-state index contributed by atoms with van der Waals surface area (Å²) in [7, 11) is 0. The molecule has 3 rings (SSSR count). The number of carbonyl (C=O) groups excluding carboxylic acids is 1. The quantitative estimate of drug-likeness (QED) is 0.801. The number of hydrogen-bond donors (Lipinski definition) is 1. The van der Waals surface area contributed by atoms with Crippen LogP contribution < -0.4 is 5.32 Å². The molecule has 1 N–H and O–H groups in total. The Morgan fingerprint density at radius 2 is 2.10 bits per heavy atom. The van der Waals surface area contributed by atoms with Gasteiger partial charge in [-0.2, -0.15) is 0 Å². The average molecular weight is 284 g/mol. The van der Waals surface area contributed by atoms with Gasteiger partial charge in [0.25, 0.3) is 5.91 Å². The molecule has 1 amide bonds. The molecule has 0 aliphatic heterocycles. The molecule has 0 aliphatic carbocycles. The maximum Gasteiger partial charge on any atom is 0.254 e. The van der Waals surface area contributed by atoms with Gasteiger partial charge in [0.2, 0.25) is 0 Å². The highest BCUT2D eigenvalue weighted by molar-refractivity contribution is 5.94. The second-order valence-electron chi connectivity index (χ2n) is 4.64. The molecule has 21 heavy (non-hydrogen) atoms. The Morgan fingerprint density at radius 3 is 2.95 bits per heavy atom. The van der Waals surface area contributed by atoms with Gasteiger partial charge in [-0.25, -0.2) is 9.37 Å². The van der Waals surface area contributed by atoms with Crippen molar-refractivity contribution in [3.05, 3.63) is 65.8 Å². The summed E-state index contributed by atoms with van der Waals surface area (Å²) in [6, 6.07) is 11.6. The molecule has 0 fully saturated rings. The molecule has 3 aromatic rings. The summed E-state index contributed by atoms with van der Waals surface area (Å²) in [6.45, 7) is 0.427. The third-order valence-electron chi connectivity index (χ3n) is 3.21. The smallest absolute Gasteiger partial charge is 0.254 e. The Labute approximate surface area is 120 Å². The molecule has 106 valence electrons. The standard InChI is InChI=1S/C16H13FN2O2/c17-13-4-2-1-3-12(13)16(20)18-8-7-11-5-6-15-14(9-11)19-10-21-15/h1-6,9-10H,7-8H2,(H,18,20). The Balaban J connectivity index is 1.60. The SMILES string of the molecule is O=C(NCCc1ccc2ocnc2c1)c1ccccc1F. The number of hydrogen-bond acceptors (Lipinski definition) is 3. The predicted molar refractivity (Wildman–Crippen MR) is 76.4 cm³/mol. The Kier molecular flexibility index (Phi) is 3.64. The molecule has 2 aromatic carbocycles. The van der Waals surface area contributed by atoms with Crippen LogP contribution >= 0.6 is 0 Å². The number of nitrogens with one attached hydrogen (secondary N) is 1. The van der Waals surface area contributed by atoms with E-state index in [9.17, 15) is 9.18 Å². The Bertz CT molecular complexity index is 783. The maximum absolute atomic E-state index is 13.4. The lowest BCUT2D eigenvalue weighted by Gasteiger charge is -2.06. The lowest BCUT2D eigenvalue weighted by atomic mass is 10.1. The first kappa shape index (κ1) is 13.3. The molecular formula is C16H13FN2O2. The molecule has 1 aromatic heterocycles. The number of fused-ring (bicyclic) bond motifs is 1. The summed E-state index contributed by atoms with van der Waals surface area (Å²) in [6.07, 6.45) is 2.04. The van der Waals surface area contributed by atoms with Crippen LogP contribution in [0.2, 0.25) is 0 Å². The highest BCUT2D eigenvalue weighted by Crippen LogP contribution is 2.14. The zero-order valence-corrected chi connectivity index (χ0v) is 11.2. The summed E-state index contributed by atoms with van der Waals surface area (Å²) < 4.78 is 18.6. The molecule has 0 radical (unpaired) electrons. The van der Waals surface area contributed by atoms with Crippen LogP contribution in [0, 0.1) is 5.82 Å². The Hall–Kier alpha value is -2.69. The number of carbonyl (C=O) groups is 1. The molecule has 0 aliphatic rings. The van der Waals surface area contributed by atoms with Crippen molar-refractivity contribution in [3.63, 3.8) is 0 Å². The van der Waals surface area contributed by atoms with Crippen molar-refractivity contribution >= 4 is 17.0 Å². The first-order valence-electron chi connectivity index (χ1n) is 6.59. The minimum atomic E-state index is -0.515. The van der Waals surface area contributed by atoms with E-state index in [-0.39, 0.29) is 5.56 Å². The summed E-state index contributed by atoms with van der Waals surface area (Å²) >= 11 is 0. The summed E-state index contributed by atoms with van der Waals surface area (Å²) in [5.41, 5.74) is 2.61. The minimum absolute atomic E-state index is 0.0597. The number of oxazole rings is 1. The van der Waals surface area contributed by atoms with E-state index < -0.39 is 11.7 Å². The first-order chi connectivity index (χ1) is 10.2.